The van der Waals surface area contributed by atoms with Gasteiger partial charge < -0.3 is 19.5 Å². The van der Waals surface area contributed by atoms with E-state index < -0.39 is 11.6 Å². The molecular formula is C22H46N2O3. The Bertz CT molecular complexity index is 369. The highest BCUT2D eigenvalue weighted by Crippen LogP contribution is 2.20. The number of aliphatic hydroxyl groups excluding tert-OH is 1. The number of hydrogen-bond donors (Lipinski definition) is 2. The average molecular weight is 387 g/mol. The van der Waals surface area contributed by atoms with Crippen LogP contribution >= 0.6 is 0 Å². The molecule has 0 radical (unpaired) electrons. The van der Waals surface area contributed by atoms with Gasteiger partial charge in [-0.1, -0.05) is 84.0 Å². The number of nitrogens with one attached hydrogen (secondary N) is 1. The van der Waals surface area contributed by atoms with Crippen molar-refractivity contribution in [1.82, 2.24) is 5.32 Å². The Kier molecular flexibility index (Phi) is 14.9. The third kappa shape index (κ3) is 11.1. The molecule has 1 atom stereocenters. The van der Waals surface area contributed by atoms with Crippen LogP contribution in [0.15, 0.2) is 0 Å². The molecule has 0 fully saturated rings. The Morgan fingerprint density at radius 1 is 0.852 bits per heavy atom. The second-order valence-corrected chi connectivity index (χ2v) is 8.80. The van der Waals surface area contributed by atoms with E-state index in [9.17, 15) is 15.0 Å². The lowest BCUT2D eigenvalue weighted by Crippen LogP contribution is -2.73. The number of hydrogen-bond acceptors (Lipinski definition) is 4. The van der Waals surface area contributed by atoms with Gasteiger partial charge in [0.2, 0.25) is 0 Å². The van der Waals surface area contributed by atoms with Crippen LogP contribution in [0.1, 0.15) is 96.8 Å². The largest absolute Gasteiger partial charge is 0.543 e. The fourth-order valence-corrected chi connectivity index (χ4v) is 3.71. The highest BCUT2D eigenvalue weighted by atomic mass is 16.4. The smallest absolute Gasteiger partial charge is 0.195 e. The van der Waals surface area contributed by atoms with Gasteiger partial charge in [-0.2, -0.15) is 0 Å². The number of nitrogens with zero attached hydrogens (tertiary/aromatic N) is 1. The van der Waals surface area contributed by atoms with Crippen LogP contribution in [0.25, 0.3) is 0 Å². The van der Waals surface area contributed by atoms with E-state index in [-0.39, 0.29) is 17.5 Å². The number of carboxylic acids is 1. The molecule has 1 unspecified atom stereocenters. The van der Waals surface area contributed by atoms with E-state index in [1.807, 2.05) is 21.1 Å². The zero-order valence-electron chi connectivity index (χ0n) is 18.5. The Hall–Kier alpha value is -0.650. The summed E-state index contributed by atoms with van der Waals surface area (Å²) in [5, 5.41) is 24.2. The van der Waals surface area contributed by atoms with Crippen molar-refractivity contribution >= 4 is 5.97 Å². The maximum absolute atomic E-state index is 11.7. The lowest BCUT2D eigenvalue weighted by Gasteiger charge is -2.47. The molecule has 27 heavy (non-hydrogen) atoms. The number of aliphatic hydroxyl groups is 1. The Labute approximate surface area is 168 Å². The molecule has 0 amide bonds. The maximum atomic E-state index is 11.7. The minimum atomic E-state index is -1.23. The van der Waals surface area contributed by atoms with Gasteiger partial charge in [0.25, 0.3) is 0 Å². The third-order valence-corrected chi connectivity index (χ3v) is 5.65. The Morgan fingerprint density at radius 2 is 1.26 bits per heavy atom. The molecule has 0 aliphatic rings. The van der Waals surface area contributed by atoms with E-state index in [1.54, 1.807) is 0 Å². The van der Waals surface area contributed by atoms with E-state index in [0.717, 1.165) is 12.8 Å². The second kappa shape index (κ2) is 15.3. The van der Waals surface area contributed by atoms with Crippen LogP contribution in [0.3, 0.4) is 0 Å². The number of aliphatic carboxylic acids is 1. The first-order valence-corrected chi connectivity index (χ1v) is 11.2. The minimum absolute atomic E-state index is 0.150. The number of quaternary nitrogens is 1. The summed E-state index contributed by atoms with van der Waals surface area (Å²) < 4.78 is 0.189. The highest BCUT2D eigenvalue weighted by molar-refractivity contribution is 5.74. The third-order valence-electron chi connectivity index (χ3n) is 5.65. The maximum Gasteiger partial charge on any atom is 0.195 e. The van der Waals surface area contributed by atoms with Crippen LogP contribution in [0.2, 0.25) is 0 Å². The predicted molar refractivity (Wildman–Crippen MR) is 111 cm³/mol. The number of unbranched alkanes of at least 4 members (excludes halogenated alkanes) is 12. The van der Waals surface area contributed by atoms with Crippen molar-refractivity contribution in [3.05, 3.63) is 0 Å². The van der Waals surface area contributed by atoms with Gasteiger partial charge in [-0.05, 0) is 6.42 Å². The number of carbonyl (C=O) groups is 1. The normalized spacial score (nSPS) is 14.3. The number of likely N-dealkylation sites (N-methyl/N-ethyl adjacent to an activating group) is 1. The zero-order chi connectivity index (χ0) is 20.6. The minimum Gasteiger partial charge on any atom is -0.543 e. The molecule has 0 rings (SSSR count). The first-order valence-electron chi connectivity index (χ1n) is 11.2. The monoisotopic (exact) mass is 386 g/mol. The Balaban J connectivity index is 3.76. The van der Waals surface area contributed by atoms with Gasteiger partial charge in [0.05, 0.1) is 27.7 Å². The first-order chi connectivity index (χ1) is 12.8. The summed E-state index contributed by atoms with van der Waals surface area (Å²) in [6.07, 6.45) is 17.0. The quantitative estimate of drug-likeness (QED) is 0.203. The van der Waals surface area contributed by atoms with Crippen molar-refractivity contribution in [3.8, 4) is 0 Å². The van der Waals surface area contributed by atoms with Crippen LogP contribution in [-0.2, 0) is 4.79 Å². The topological polar surface area (TPSA) is 72.4 Å². The molecule has 0 aliphatic carbocycles. The summed E-state index contributed by atoms with van der Waals surface area (Å²) in [7, 11) is 5.47. The number of rotatable bonds is 19. The van der Waals surface area contributed by atoms with Gasteiger partial charge in [0.1, 0.15) is 5.97 Å². The van der Waals surface area contributed by atoms with E-state index in [2.05, 4.69) is 12.2 Å². The SMILES string of the molecule is CCCCCCCCCCCCCCCNC(CCO)(C(=O)[O-])[N+](C)(C)C. The van der Waals surface area contributed by atoms with Crippen LogP contribution in [-0.4, -0.2) is 55.5 Å². The molecule has 0 aromatic heterocycles. The molecule has 0 aromatic carbocycles. The van der Waals surface area contributed by atoms with Gasteiger partial charge in [-0.25, -0.2) is 0 Å². The van der Waals surface area contributed by atoms with Crippen molar-refractivity contribution in [2.75, 3.05) is 34.3 Å². The molecule has 0 heterocycles. The second-order valence-electron chi connectivity index (χ2n) is 8.80. The molecule has 0 aromatic rings. The number of carboxylic acid groups (broad SMARTS) is 1. The van der Waals surface area contributed by atoms with E-state index in [1.165, 1.54) is 70.6 Å². The average Bonchev–Trinajstić information content (AvgIpc) is 2.59. The summed E-state index contributed by atoms with van der Waals surface area (Å²) in [6, 6.07) is 0. The molecule has 2 N–H and O–H groups in total. The lowest BCUT2D eigenvalue weighted by molar-refractivity contribution is -0.920. The molecule has 0 spiro atoms. The zero-order valence-corrected chi connectivity index (χ0v) is 18.5. The van der Waals surface area contributed by atoms with Gasteiger partial charge in [-0.3, -0.25) is 5.32 Å². The van der Waals surface area contributed by atoms with E-state index >= 15 is 0 Å². The molecule has 0 bridgehead atoms. The number of carbonyl (C=O) groups excluding carboxylic acids is 1. The van der Waals surface area contributed by atoms with Crippen molar-refractivity contribution in [1.29, 1.82) is 0 Å². The van der Waals surface area contributed by atoms with Crippen LogP contribution in [0, 0.1) is 0 Å². The summed E-state index contributed by atoms with van der Waals surface area (Å²) in [6.45, 7) is 2.73. The van der Waals surface area contributed by atoms with E-state index in [4.69, 9.17) is 0 Å². The first kappa shape index (κ1) is 26.4. The molecular weight excluding hydrogens is 340 g/mol. The lowest BCUT2D eigenvalue weighted by atomic mass is 10.0. The summed E-state index contributed by atoms with van der Waals surface area (Å²) in [5.41, 5.74) is -1.23. The molecule has 0 aliphatic heterocycles. The van der Waals surface area contributed by atoms with Crippen LogP contribution in [0.4, 0.5) is 0 Å². The molecule has 5 nitrogen and oxygen atoms in total. The molecule has 0 saturated heterocycles. The van der Waals surface area contributed by atoms with Crippen LogP contribution in [0.5, 0.6) is 0 Å². The van der Waals surface area contributed by atoms with Gasteiger partial charge >= 0.3 is 0 Å². The fourth-order valence-electron chi connectivity index (χ4n) is 3.71. The summed E-state index contributed by atoms with van der Waals surface area (Å²) >= 11 is 0. The predicted octanol–water partition coefficient (Wildman–Crippen LogP) is 3.20. The molecule has 5 heteroatoms. The standard InChI is InChI=1S/C22H46N2O3/c1-5-6-7-8-9-10-11-12-13-14-15-16-17-19-23-22(18-20-25,21(26)27)24(2,3)4/h23,25H,5-20H2,1-4H3. The van der Waals surface area contributed by atoms with Crippen molar-refractivity contribution in [2.24, 2.45) is 0 Å². The molecule has 0 saturated carbocycles. The van der Waals surface area contributed by atoms with Crippen molar-refractivity contribution in [3.63, 3.8) is 0 Å². The summed E-state index contributed by atoms with van der Waals surface area (Å²) in [5.74, 6) is -1.14. The van der Waals surface area contributed by atoms with Crippen molar-refractivity contribution in [2.45, 2.75) is 102 Å². The van der Waals surface area contributed by atoms with Crippen molar-refractivity contribution < 1.29 is 19.5 Å². The fraction of sp³-hybridized carbons (Fsp3) is 0.955. The van der Waals surface area contributed by atoms with Crippen LogP contribution < -0.4 is 10.4 Å². The highest BCUT2D eigenvalue weighted by Gasteiger charge is 2.43. The van der Waals surface area contributed by atoms with Gasteiger partial charge in [-0.15, -0.1) is 0 Å². The molecule has 162 valence electrons. The van der Waals surface area contributed by atoms with Gasteiger partial charge in [0.15, 0.2) is 5.66 Å². The Morgan fingerprint density at radius 3 is 1.59 bits per heavy atom. The summed E-state index contributed by atoms with van der Waals surface area (Å²) in [4.78, 5) is 11.7. The van der Waals surface area contributed by atoms with Gasteiger partial charge in [0, 0.05) is 13.0 Å². The van der Waals surface area contributed by atoms with E-state index in [0.29, 0.717) is 6.54 Å².